The second kappa shape index (κ2) is 4.91. The van der Waals surface area contributed by atoms with Crippen LogP contribution in [0.3, 0.4) is 0 Å². The first-order valence-electron chi connectivity index (χ1n) is 5.74. The van der Waals surface area contributed by atoms with Gasteiger partial charge in [0.25, 0.3) is 0 Å². The third-order valence-electron chi connectivity index (χ3n) is 2.78. The highest BCUT2D eigenvalue weighted by molar-refractivity contribution is 5.48. The fraction of sp³-hybridized carbons (Fsp3) is 0.200. The highest BCUT2D eigenvalue weighted by Gasteiger charge is 2.08. The van der Waals surface area contributed by atoms with Crippen LogP contribution >= 0.6 is 0 Å². The van der Waals surface area contributed by atoms with Crippen LogP contribution in [0.1, 0.15) is 24.2 Å². The second-order valence-corrected chi connectivity index (χ2v) is 4.20. The molecule has 2 N–H and O–H groups in total. The summed E-state index contributed by atoms with van der Waals surface area (Å²) in [5.74, 6) is 0.848. The van der Waals surface area contributed by atoms with Crippen LogP contribution in [0.2, 0.25) is 0 Å². The number of hydrogen-bond donors (Lipinski definition) is 1. The minimum atomic E-state index is 0.0247. The molecular formula is C15H17NO. The molecule has 2 nitrogen and oxygen atoms in total. The first-order valence-corrected chi connectivity index (χ1v) is 5.74. The van der Waals surface area contributed by atoms with E-state index in [1.807, 2.05) is 50.2 Å². The maximum atomic E-state index is 5.93. The van der Waals surface area contributed by atoms with Crippen molar-refractivity contribution in [2.75, 3.05) is 5.73 Å². The van der Waals surface area contributed by atoms with Crippen molar-refractivity contribution < 1.29 is 4.74 Å². The molecule has 17 heavy (non-hydrogen) atoms. The van der Waals surface area contributed by atoms with E-state index in [-0.39, 0.29) is 6.10 Å². The lowest BCUT2D eigenvalue weighted by Crippen LogP contribution is -2.04. The molecule has 0 fully saturated rings. The normalized spacial score (nSPS) is 12.1. The summed E-state index contributed by atoms with van der Waals surface area (Å²) in [5.41, 5.74) is 8.75. The molecule has 0 aliphatic heterocycles. The number of nitrogens with two attached hydrogens (primary N) is 1. The lowest BCUT2D eigenvalue weighted by atomic mass is 10.1. The number of hydrogen-bond acceptors (Lipinski definition) is 2. The standard InChI is InChI=1S/C15H17NO/c1-11-8-9-14(16)10-15(11)17-12(2)13-6-4-3-5-7-13/h3-10,12H,16H2,1-2H3. The Labute approximate surface area is 102 Å². The van der Waals surface area contributed by atoms with Gasteiger partial charge in [0.05, 0.1) is 0 Å². The summed E-state index contributed by atoms with van der Waals surface area (Å²) in [6.45, 7) is 4.06. The van der Waals surface area contributed by atoms with Gasteiger partial charge in [0.1, 0.15) is 11.9 Å². The summed E-state index contributed by atoms with van der Waals surface area (Å²) >= 11 is 0. The molecule has 2 heteroatoms. The Kier molecular flexibility index (Phi) is 3.33. The molecular weight excluding hydrogens is 210 g/mol. The van der Waals surface area contributed by atoms with Crippen molar-refractivity contribution in [3.8, 4) is 5.75 Å². The Morgan fingerprint density at radius 2 is 1.76 bits per heavy atom. The smallest absolute Gasteiger partial charge is 0.125 e. The molecule has 0 aliphatic carbocycles. The Bertz CT molecular complexity index is 494. The fourth-order valence-electron chi connectivity index (χ4n) is 1.73. The van der Waals surface area contributed by atoms with Gasteiger partial charge in [0, 0.05) is 11.8 Å². The van der Waals surface area contributed by atoms with Crippen molar-refractivity contribution in [3.05, 3.63) is 59.7 Å². The molecule has 0 saturated carbocycles. The predicted molar refractivity (Wildman–Crippen MR) is 71.1 cm³/mol. The average Bonchev–Trinajstić information content (AvgIpc) is 2.35. The van der Waals surface area contributed by atoms with Crippen molar-refractivity contribution in [1.82, 2.24) is 0 Å². The van der Waals surface area contributed by atoms with Gasteiger partial charge in [-0.2, -0.15) is 0 Å². The van der Waals surface area contributed by atoms with E-state index < -0.39 is 0 Å². The molecule has 88 valence electrons. The minimum absolute atomic E-state index is 0.0247. The average molecular weight is 227 g/mol. The lowest BCUT2D eigenvalue weighted by Gasteiger charge is -2.17. The zero-order chi connectivity index (χ0) is 12.3. The highest BCUT2D eigenvalue weighted by Crippen LogP contribution is 2.26. The van der Waals surface area contributed by atoms with Gasteiger partial charge in [0.15, 0.2) is 0 Å². The molecule has 2 rings (SSSR count). The van der Waals surface area contributed by atoms with E-state index in [0.717, 1.165) is 22.6 Å². The Hall–Kier alpha value is -1.96. The maximum absolute atomic E-state index is 5.93. The number of benzene rings is 2. The van der Waals surface area contributed by atoms with Crippen LogP contribution in [0.15, 0.2) is 48.5 Å². The number of ether oxygens (including phenoxy) is 1. The lowest BCUT2D eigenvalue weighted by molar-refractivity contribution is 0.225. The number of rotatable bonds is 3. The SMILES string of the molecule is Cc1ccc(N)cc1OC(C)c1ccccc1. The Morgan fingerprint density at radius 1 is 1.06 bits per heavy atom. The summed E-state index contributed by atoms with van der Waals surface area (Å²) in [6.07, 6.45) is 0.0247. The molecule has 1 unspecified atom stereocenters. The Balaban J connectivity index is 2.18. The molecule has 1 atom stereocenters. The van der Waals surface area contributed by atoms with Crippen molar-refractivity contribution in [2.45, 2.75) is 20.0 Å². The second-order valence-electron chi connectivity index (χ2n) is 4.20. The minimum Gasteiger partial charge on any atom is -0.486 e. The number of aryl methyl sites for hydroxylation is 1. The Morgan fingerprint density at radius 3 is 2.47 bits per heavy atom. The van der Waals surface area contributed by atoms with Crippen LogP contribution in [0.4, 0.5) is 5.69 Å². The molecule has 0 spiro atoms. The molecule has 0 radical (unpaired) electrons. The largest absolute Gasteiger partial charge is 0.486 e. The van der Waals surface area contributed by atoms with E-state index in [4.69, 9.17) is 10.5 Å². The third-order valence-corrected chi connectivity index (χ3v) is 2.78. The van der Waals surface area contributed by atoms with Gasteiger partial charge in [-0.15, -0.1) is 0 Å². The van der Waals surface area contributed by atoms with Gasteiger partial charge >= 0.3 is 0 Å². The topological polar surface area (TPSA) is 35.2 Å². The van der Waals surface area contributed by atoms with Crippen LogP contribution in [-0.4, -0.2) is 0 Å². The monoisotopic (exact) mass is 227 g/mol. The zero-order valence-corrected chi connectivity index (χ0v) is 10.2. The molecule has 0 bridgehead atoms. The molecule has 0 amide bonds. The number of nitrogen functional groups attached to an aromatic ring is 1. The summed E-state index contributed by atoms with van der Waals surface area (Å²) in [7, 11) is 0. The van der Waals surface area contributed by atoms with Crippen LogP contribution < -0.4 is 10.5 Å². The molecule has 2 aromatic carbocycles. The van der Waals surface area contributed by atoms with E-state index in [0.29, 0.717) is 0 Å². The molecule has 0 aromatic heterocycles. The molecule has 0 heterocycles. The van der Waals surface area contributed by atoms with Crippen molar-refractivity contribution >= 4 is 5.69 Å². The van der Waals surface area contributed by atoms with E-state index >= 15 is 0 Å². The van der Waals surface area contributed by atoms with Crippen LogP contribution in [0.5, 0.6) is 5.75 Å². The molecule has 0 saturated heterocycles. The van der Waals surface area contributed by atoms with E-state index in [2.05, 4.69) is 12.1 Å². The maximum Gasteiger partial charge on any atom is 0.125 e. The third kappa shape index (κ3) is 2.78. The van der Waals surface area contributed by atoms with Gasteiger partial charge in [-0.05, 0) is 31.0 Å². The van der Waals surface area contributed by atoms with Gasteiger partial charge in [0.2, 0.25) is 0 Å². The van der Waals surface area contributed by atoms with Crippen LogP contribution in [0.25, 0.3) is 0 Å². The van der Waals surface area contributed by atoms with E-state index in [9.17, 15) is 0 Å². The summed E-state index contributed by atoms with van der Waals surface area (Å²) in [4.78, 5) is 0. The van der Waals surface area contributed by atoms with Gasteiger partial charge in [-0.1, -0.05) is 36.4 Å². The summed E-state index contributed by atoms with van der Waals surface area (Å²) < 4.78 is 5.93. The highest BCUT2D eigenvalue weighted by atomic mass is 16.5. The van der Waals surface area contributed by atoms with Crippen molar-refractivity contribution in [1.29, 1.82) is 0 Å². The summed E-state index contributed by atoms with van der Waals surface area (Å²) in [6, 6.07) is 15.9. The van der Waals surface area contributed by atoms with E-state index in [1.165, 1.54) is 0 Å². The van der Waals surface area contributed by atoms with Crippen molar-refractivity contribution in [2.24, 2.45) is 0 Å². The van der Waals surface area contributed by atoms with Gasteiger partial charge < -0.3 is 10.5 Å². The van der Waals surface area contributed by atoms with Crippen LogP contribution in [0, 0.1) is 6.92 Å². The number of anilines is 1. The van der Waals surface area contributed by atoms with Gasteiger partial charge in [-0.3, -0.25) is 0 Å². The first kappa shape index (κ1) is 11.5. The van der Waals surface area contributed by atoms with Crippen LogP contribution in [-0.2, 0) is 0 Å². The quantitative estimate of drug-likeness (QED) is 0.811. The summed E-state index contributed by atoms with van der Waals surface area (Å²) in [5, 5.41) is 0. The zero-order valence-electron chi connectivity index (χ0n) is 10.2. The first-order chi connectivity index (χ1) is 8.16. The van der Waals surface area contributed by atoms with E-state index in [1.54, 1.807) is 0 Å². The molecule has 2 aromatic rings. The van der Waals surface area contributed by atoms with Crippen molar-refractivity contribution in [3.63, 3.8) is 0 Å². The fourth-order valence-corrected chi connectivity index (χ4v) is 1.73. The molecule has 0 aliphatic rings. The predicted octanol–water partition coefficient (Wildman–Crippen LogP) is 3.72. The van der Waals surface area contributed by atoms with Gasteiger partial charge in [-0.25, -0.2) is 0 Å².